The molecule has 1 aliphatic carbocycles. The minimum atomic E-state index is -1.92. The van der Waals surface area contributed by atoms with E-state index in [4.69, 9.17) is 4.17 Å². The quantitative estimate of drug-likeness (QED) is 0.620. The molecular weight excluding hydrogens is 136 g/mol. The van der Waals surface area contributed by atoms with Gasteiger partial charge in [0.1, 0.15) is 0 Å². The van der Waals surface area contributed by atoms with Crippen LogP contribution < -0.4 is 0 Å². The highest BCUT2D eigenvalue weighted by Crippen LogP contribution is 2.27. The molecule has 1 N–H and O–H groups in total. The van der Waals surface area contributed by atoms with Crippen LogP contribution in [-0.4, -0.2) is 13.1 Å². The molecule has 0 aromatic carbocycles. The predicted octanol–water partition coefficient (Wildman–Crippen LogP) is 2.28. The molecule has 1 rings (SSSR count). The summed E-state index contributed by atoms with van der Waals surface area (Å²) in [6.07, 6.45) is 4.22. The van der Waals surface area contributed by atoms with E-state index in [-0.39, 0.29) is 0 Å². The molecule has 1 aliphatic rings. The average Bonchev–Trinajstić information content (AvgIpc) is 2.18. The number of allylic oxidation sites excluding steroid dienone is 2. The first-order valence-electron chi connectivity index (χ1n) is 5.37. The van der Waals surface area contributed by atoms with E-state index in [2.05, 4.69) is 11.7 Å². The molecule has 0 fully saturated rings. The molecule has 0 spiro atoms. The second-order valence-corrected chi connectivity index (χ2v) is 3.15. The lowest BCUT2D eigenvalue weighted by Crippen LogP contribution is -2.07. The summed E-state index contributed by atoms with van der Waals surface area (Å²) in [5, 5.41) is 4.07. The Morgan fingerprint density at radius 2 is 2.91 bits per heavy atom. The van der Waals surface area contributed by atoms with Crippen molar-refractivity contribution in [2.24, 2.45) is 5.92 Å². The summed E-state index contributed by atoms with van der Waals surface area (Å²) in [6, 6.07) is 0. The molecular formula is C10H16O. The molecule has 11 heavy (non-hydrogen) atoms. The topological polar surface area (TPSA) is 20.2 Å². The third kappa shape index (κ3) is 2.19. The Kier molecular flexibility index (Phi) is 1.74. The fourth-order valence-electron chi connectivity index (χ4n) is 1.37. The summed E-state index contributed by atoms with van der Waals surface area (Å²) in [7, 11) is 0. The van der Waals surface area contributed by atoms with Gasteiger partial charge in [-0.05, 0) is 37.7 Å². The Labute approximate surface area is 72.7 Å². The molecule has 0 amide bonds. The monoisotopic (exact) mass is 155 g/mol. The van der Waals surface area contributed by atoms with Gasteiger partial charge in [0.05, 0.1) is 9.30 Å². The van der Waals surface area contributed by atoms with Crippen LogP contribution in [0.15, 0.2) is 23.8 Å². The van der Waals surface area contributed by atoms with E-state index < -0.39 is 6.56 Å². The van der Waals surface area contributed by atoms with Crippen molar-refractivity contribution in [3.8, 4) is 0 Å². The summed E-state index contributed by atoms with van der Waals surface area (Å²) in [4.78, 5) is 0. The molecule has 62 valence electrons. The van der Waals surface area contributed by atoms with Gasteiger partial charge in [0.15, 0.2) is 0 Å². The summed E-state index contributed by atoms with van der Waals surface area (Å²) < 4.78 is 21.5. The summed E-state index contributed by atoms with van der Waals surface area (Å²) >= 11 is 0. The van der Waals surface area contributed by atoms with Gasteiger partial charge in [-0.1, -0.05) is 18.2 Å². The predicted molar refractivity (Wildman–Crippen MR) is 47.3 cm³/mol. The first-order valence-corrected chi connectivity index (χ1v) is 3.96. The van der Waals surface area contributed by atoms with Gasteiger partial charge in [0, 0.05) is 0 Å². The molecule has 0 aromatic heterocycles. The second-order valence-electron chi connectivity index (χ2n) is 3.15. The van der Waals surface area contributed by atoms with Crippen molar-refractivity contribution >= 4 is 0 Å². The van der Waals surface area contributed by atoms with Gasteiger partial charge in [-0.2, -0.15) is 0 Å². The van der Waals surface area contributed by atoms with Crippen LogP contribution in [-0.2, 0) is 0 Å². The second kappa shape index (κ2) is 3.72. The Morgan fingerprint density at radius 1 is 2.09 bits per heavy atom. The molecule has 0 unspecified atom stereocenters. The van der Waals surface area contributed by atoms with Gasteiger partial charge in [-0.15, -0.1) is 0 Å². The van der Waals surface area contributed by atoms with E-state index in [1.807, 2.05) is 13.0 Å². The standard InChI is InChI=1S/C10H16O/c1-8(2)10-5-3-9(7-11)4-6-10/h3,10-11H,1,4-7H2,2H3/t10-/m1/s1/i7D2,11D. The molecule has 1 atom stereocenters. The number of rotatable bonds is 3. The van der Waals surface area contributed by atoms with E-state index in [0.29, 0.717) is 17.9 Å². The van der Waals surface area contributed by atoms with E-state index >= 15 is 0 Å². The molecule has 0 bridgehead atoms. The molecule has 0 saturated carbocycles. The Balaban J connectivity index is 2.66. The molecule has 1 heteroatoms. The van der Waals surface area contributed by atoms with Crippen molar-refractivity contribution in [1.82, 2.24) is 0 Å². The van der Waals surface area contributed by atoms with Crippen molar-refractivity contribution in [1.29, 1.82) is 1.43 Å². The van der Waals surface area contributed by atoms with Crippen LogP contribution in [0.2, 0.25) is 0 Å². The molecule has 0 radical (unpaired) electrons. The minimum Gasteiger partial charge on any atom is -0.392 e. The van der Waals surface area contributed by atoms with Crippen molar-refractivity contribution < 1.29 is 7.85 Å². The lowest BCUT2D eigenvalue weighted by atomic mass is 9.86. The lowest BCUT2D eigenvalue weighted by molar-refractivity contribution is 0.319. The van der Waals surface area contributed by atoms with Crippen molar-refractivity contribution in [2.75, 3.05) is 6.56 Å². The van der Waals surface area contributed by atoms with E-state index in [0.717, 1.165) is 18.4 Å². The lowest BCUT2D eigenvalue weighted by Gasteiger charge is -2.20. The molecule has 0 aromatic rings. The fraction of sp³-hybridized carbons (Fsp3) is 0.600. The van der Waals surface area contributed by atoms with Crippen LogP contribution in [0.4, 0.5) is 0 Å². The fourth-order valence-corrected chi connectivity index (χ4v) is 1.37. The Morgan fingerprint density at radius 3 is 3.36 bits per heavy atom. The highest BCUT2D eigenvalue weighted by molar-refractivity contribution is 5.11. The van der Waals surface area contributed by atoms with Gasteiger partial charge >= 0.3 is 0 Å². The maximum atomic E-state index is 7.41. The van der Waals surface area contributed by atoms with Gasteiger partial charge in [0.2, 0.25) is 1.43 Å². The molecule has 0 saturated heterocycles. The van der Waals surface area contributed by atoms with Crippen molar-refractivity contribution in [2.45, 2.75) is 26.2 Å². The van der Waals surface area contributed by atoms with Crippen LogP contribution in [0.5, 0.6) is 0 Å². The summed E-state index contributed by atoms with van der Waals surface area (Å²) in [6.45, 7) is 3.98. The third-order valence-corrected chi connectivity index (χ3v) is 2.24. The minimum absolute atomic E-state index is 0.459. The van der Waals surface area contributed by atoms with Gasteiger partial charge in [-0.25, -0.2) is 0 Å². The zero-order chi connectivity index (χ0) is 10.8. The van der Waals surface area contributed by atoms with Crippen LogP contribution in [0.1, 0.15) is 28.9 Å². The Bertz CT molecular complexity index is 258. The normalized spacial score (nSPS) is 29.7. The first-order chi connectivity index (χ1) is 6.47. The zero-order valence-electron chi connectivity index (χ0n) is 9.89. The van der Waals surface area contributed by atoms with E-state index in [1.165, 1.54) is 0 Å². The number of hydrogen-bond donors (Lipinski definition) is 1. The zero-order valence-corrected chi connectivity index (χ0v) is 6.89. The third-order valence-electron chi connectivity index (χ3n) is 2.24. The largest absolute Gasteiger partial charge is 0.392 e. The molecule has 0 heterocycles. The van der Waals surface area contributed by atoms with E-state index in [9.17, 15) is 0 Å². The molecule has 0 aliphatic heterocycles. The van der Waals surface area contributed by atoms with Crippen LogP contribution in [0, 0.1) is 5.92 Å². The van der Waals surface area contributed by atoms with Crippen LogP contribution in [0.25, 0.3) is 0 Å². The maximum absolute atomic E-state index is 7.41. The maximum Gasteiger partial charge on any atom is 0.211 e. The van der Waals surface area contributed by atoms with Crippen LogP contribution >= 0.6 is 0 Å². The Hall–Kier alpha value is -0.560. The highest BCUT2D eigenvalue weighted by atomic mass is 16.3. The van der Waals surface area contributed by atoms with Crippen molar-refractivity contribution in [3.05, 3.63) is 23.8 Å². The van der Waals surface area contributed by atoms with Crippen LogP contribution in [0.3, 0.4) is 0 Å². The summed E-state index contributed by atoms with van der Waals surface area (Å²) in [5.74, 6) is 0.459. The smallest absolute Gasteiger partial charge is 0.211 e. The first kappa shape index (κ1) is 5.15. The summed E-state index contributed by atoms with van der Waals surface area (Å²) in [5.41, 5.74) is 1.73. The SMILES string of the molecule is [2H]OC([2H])([2H])C1=CC[C@@H](C(=C)C)CC1. The van der Waals surface area contributed by atoms with Gasteiger partial charge in [0.25, 0.3) is 0 Å². The van der Waals surface area contributed by atoms with Crippen molar-refractivity contribution in [3.63, 3.8) is 0 Å². The number of hydrogen-bond acceptors (Lipinski definition) is 1. The van der Waals surface area contributed by atoms with Gasteiger partial charge in [-0.3, -0.25) is 0 Å². The average molecular weight is 155 g/mol. The highest BCUT2D eigenvalue weighted by Gasteiger charge is 2.13. The van der Waals surface area contributed by atoms with Gasteiger partial charge < -0.3 is 5.11 Å². The van der Waals surface area contributed by atoms with E-state index in [1.54, 1.807) is 0 Å². The number of aliphatic hydroxyl groups is 1. The molecule has 1 nitrogen and oxygen atoms in total.